The monoisotopic (exact) mass is 282 g/mol. The Morgan fingerprint density at radius 2 is 2.12 bits per heavy atom. The van der Waals surface area contributed by atoms with Gasteiger partial charge in [0.05, 0.1) is 0 Å². The average molecular weight is 283 g/mol. The molecule has 0 radical (unpaired) electrons. The van der Waals surface area contributed by atoms with Crippen molar-refractivity contribution in [2.75, 3.05) is 5.33 Å². The van der Waals surface area contributed by atoms with Crippen LogP contribution < -0.4 is 0 Å². The van der Waals surface area contributed by atoms with Gasteiger partial charge in [0.2, 0.25) is 0 Å². The molecule has 0 spiro atoms. The summed E-state index contributed by atoms with van der Waals surface area (Å²) in [4.78, 5) is 21.9. The second kappa shape index (κ2) is 6.23. The first-order chi connectivity index (χ1) is 7.63. The lowest BCUT2D eigenvalue weighted by Crippen LogP contribution is -1.99. The first-order valence-electron chi connectivity index (χ1n) is 4.73. The van der Waals surface area contributed by atoms with Crippen molar-refractivity contribution in [3.63, 3.8) is 0 Å². The molecular formula is C12H11BrO3. The zero-order chi connectivity index (χ0) is 12.0. The lowest BCUT2D eigenvalue weighted by molar-refractivity contribution is -0.131. The van der Waals surface area contributed by atoms with Crippen LogP contribution in [0.2, 0.25) is 0 Å². The van der Waals surface area contributed by atoms with Gasteiger partial charge >= 0.3 is 5.97 Å². The fourth-order valence-corrected chi connectivity index (χ4v) is 1.57. The number of alkyl halides is 1. The molecule has 0 aliphatic rings. The molecule has 0 saturated heterocycles. The number of benzene rings is 1. The molecule has 1 N–H and O–H groups in total. The Morgan fingerprint density at radius 1 is 1.38 bits per heavy atom. The minimum absolute atomic E-state index is 0.0439. The van der Waals surface area contributed by atoms with Crippen LogP contribution in [-0.2, 0) is 4.79 Å². The van der Waals surface area contributed by atoms with Gasteiger partial charge in [-0.15, -0.1) is 0 Å². The number of ketones is 1. The van der Waals surface area contributed by atoms with E-state index in [2.05, 4.69) is 15.9 Å². The van der Waals surface area contributed by atoms with Crippen LogP contribution in [0, 0.1) is 0 Å². The van der Waals surface area contributed by atoms with E-state index in [1.54, 1.807) is 24.3 Å². The van der Waals surface area contributed by atoms with Gasteiger partial charge in [0.25, 0.3) is 0 Å². The highest BCUT2D eigenvalue weighted by Crippen LogP contribution is 2.10. The topological polar surface area (TPSA) is 54.4 Å². The SMILES string of the molecule is O=C(O)C=Cc1cccc(C(=O)CCBr)c1. The summed E-state index contributed by atoms with van der Waals surface area (Å²) < 4.78 is 0. The second-order valence-corrected chi connectivity index (χ2v) is 3.95. The predicted octanol–water partition coefficient (Wildman–Crippen LogP) is 2.75. The van der Waals surface area contributed by atoms with E-state index in [1.807, 2.05) is 0 Å². The van der Waals surface area contributed by atoms with Crippen LogP contribution in [0.25, 0.3) is 6.08 Å². The molecule has 0 aliphatic heterocycles. The van der Waals surface area contributed by atoms with E-state index in [9.17, 15) is 9.59 Å². The molecule has 0 aliphatic carbocycles. The Labute approximate surface area is 102 Å². The van der Waals surface area contributed by atoms with Crippen LogP contribution in [0.5, 0.6) is 0 Å². The molecule has 4 heteroatoms. The van der Waals surface area contributed by atoms with E-state index in [0.29, 0.717) is 22.9 Å². The normalized spacial score (nSPS) is 10.6. The quantitative estimate of drug-likeness (QED) is 0.513. The Hall–Kier alpha value is -1.42. The number of carbonyl (C=O) groups excluding carboxylic acids is 1. The molecule has 3 nitrogen and oxygen atoms in total. The van der Waals surface area contributed by atoms with Gasteiger partial charge in [0.15, 0.2) is 5.78 Å². The van der Waals surface area contributed by atoms with Crippen molar-refractivity contribution in [2.24, 2.45) is 0 Å². The van der Waals surface area contributed by atoms with Crippen molar-refractivity contribution < 1.29 is 14.7 Å². The summed E-state index contributed by atoms with van der Waals surface area (Å²) in [5.74, 6) is -0.959. The van der Waals surface area contributed by atoms with Crippen molar-refractivity contribution in [1.29, 1.82) is 0 Å². The van der Waals surface area contributed by atoms with E-state index in [0.717, 1.165) is 6.08 Å². The van der Waals surface area contributed by atoms with Gasteiger partial charge in [-0.05, 0) is 17.7 Å². The molecule has 16 heavy (non-hydrogen) atoms. The first-order valence-corrected chi connectivity index (χ1v) is 5.86. The predicted molar refractivity (Wildman–Crippen MR) is 65.9 cm³/mol. The molecule has 0 amide bonds. The standard InChI is InChI=1S/C12H11BrO3/c13-7-6-11(14)10-3-1-2-9(8-10)4-5-12(15)16/h1-5,8H,6-7H2,(H,15,16). The maximum Gasteiger partial charge on any atom is 0.328 e. The summed E-state index contributed by atoms with van der Waals surface area (Å²) in [6, 6.07) is 6.90. The molecule has 0 heterocycles. The number of halogens is 1. The van der Waals surface area contributed by atoms with Gasteiger partial charge in [0, 0.05) is 23.4 Å². The summed E-state index contributed by atoms with van der Waals surface area (Å²) in [6.45, 7) is 0. The lowest BCUT2D eigenvalue weighted by Gasteiger charge is -2.00. The highest BCUT2D eigenvalue weighted by atomic mass is 79.9. The molecule has 1 aromatic carbocycles. The molecule has 0 atom stereocenters. The van der Waals surface area contributed by atoms with Crippen molar-refractivity contribution in [1.82, 2.24) is 0 Å². The fourth-order valence-electron chi connectivity index (χ4n) is 1.21. The summed E-state index contributed by atoms with van der Waals surface area (Å²) >= 11 is 3.20. The van der Waals surface area contributed by atoms with Gasteiger partial charge in [-0.25, -0.2) is 4.79 Å². The third-order valence-corrected chi connectivity index (χ3v) is 2.35. The largest absolute Gasteiger partial charge is 0.478 e. The number of rotatable bonds is 5. The molecule has 1 rings (SSSR count). The number of carboxylic acid groups (broad SMARTS) is 1. The summed E-state index contributed by atoms with van der Waals surface area (Å²) in [5.41, 5.74) is 1.31. The lowest BCUT2D eigenvalue weighted by atomic mass is 10.1. The summed E-state index contributed by atoms with van der Waals surface area (Å²) in [5, 5.41) is 9.10. The van der Waals surface area contributed by atoms with Gasteiger partial charge in [-0.2, -0.15) is 0 Å². The van der Waals surface area contributed by atoms with Crippen molar-refractivity contribution >= 4 is 33.8 Å². The van der Waals surface area contributed by atoms with Gasteiger partial charge in [-0.3, -0.25) is 4.79 Å². The Kier molecular flexibility index (Phi) is 4.92. The summed E-state index contributed by atoms with van der Waals surface area (Å²) in [7, 11) is 0. The van der Waals surface area contributed by atoms with E-state index < -0.39 is 5.97 Å². The second-order valence-electron chi connectivity index (χ2n) is 3.16. The van der Waals surface area contributed by atoms with E-state index >= 15 is 0 Å². The van der Waals surface area contributed by atoms with Crippen LogP contribution in [0.4, 0.5) is 0 Å². The number of carbonyl (C=O) groups is 2. The maximum atomic E-state index is 11.6. The van der Waals surface area contributed by atoms with Gasteiger partial charge in [-0.1, -0.05) is 34.1 Å². The van der Waals surface area contributed by atoms with Crippen molar-refractivity contribution in [3.8, 4) is 0 Å². The molecule has 0 saturated carbocycles. The molecule has 0 unspecified atom stereocenters. The Morgan fingerprint density at radius 3 is 2.75 bits per heavy atom. The highest BCUT2D eigenvalue weighted by molar-refractivity contribution is 9.09. The van der Waals surface area contributed by atoms with E-state index in [1.165, 1.54) is 6.08 Å². The minimum Gasteiger partial charge on any atom is -0.478 e. The third-order valence-electron chi connectivity index (χ3n) is 1.95. The number of Topliss-reactive ketones (excluding diaryl/α,β-unsaturated/α-hetero) is 1. The van der Waals surface area contributed by atoms with Crippen LogP contribution >= 0.6 is 15.9 Å². The van der Waals surface area contributed by atoms with Crippen molar-refractivity contribution in [2.45, 2.75) is 6.42 Å². The van der Waals surface area contributed by atoms with E-state index in [4.69, 9.17) is 5.11 Å². The molecule has 0 fully saturated rings. The zero-order valence-corrected chi connectivity index (χ0v) is 10.1. The number of hydrogen-bond donors (Lipinski definition) is 1. The minimum atomic E-state index is -1.00. The van der Waals surface area contributed by atoms with Crippen LogP contribution in [0.1, 0.15) is 22.3 Å². The molecule has 84 valence electrons. The van der Waals surface area contributed by atoms with Crippen LogP contribution in [0.15, 0.2) is 30.3 Å². The van der Waals surface area contributed by atoms with Crippen LogP contribution in [-0.4, -0.2) is 22.2 Å². The van der Waals surface area contributed by atoms with Gasteiger partial charge in [0.1, 0.15) is 0 Å². The summed E-state index contributed by atoms with van der Waals surface area (Å²) in [6.07, 6.45) is 2.95. The highest BCUT2D eigenvalue weighted by Gasteiger charge is 2.04. The van der Waals surface area contributed by atoms with E-state index in [-0.39, 0.29) is 5.78 Å². The number of aliphatic carboxylic acids is 1. The molecule has 1 aromatic rings. The molecule has 0 bridgehead atoms. The van der Waals surface area contributed by atoms with Crippen LogP contribution in [0.3, 0.4) is 0 Å². The first kappa shape index (κ1) is 12.6. The van der Waals surface area contributed by atoms with Crippen molar-refractivity contribution in [3.05, 3.63) is 41.5 Å². The fraction of sp³-hybridized carbons (Fsp3) is 0.167. The Bertz CT molecular complexity index is 424. The number of hydrogen-bond acceptors (Lipinski definition) is 2. The smallest absolute Gasteiger partial charge is 0.328 e. The Balaban J connectivity index is 2.86. The van der Waals surface area contributed by atoms with Gasteiger partial charge < -0.3 is 5.11 Å². The molecular weight excluding hydrogens is 272 g/mol. The maximum absolute atomic E-state index is 11.6. The third kappa shape index (κ3) is 3.98. The molecule has 0 aromatic heterocycles. The average Bonchev–Trinajstić information content (AvgIpc) is 2.27. The zero-order valence-electron chi connectivity index (χ0n) is 8.52. The number of carboxylic acids is 1.